The van der Waals surface area contributed by atoms with Crippen LogP contribution in [-0.2, 0) is 6.54 Å². The molecule has 0 spiro atoms. The number of benzene rings is 1. The maximum atomic E-state index is 12.7. The molecule has 7 nitrogen and oxygen atoms in total. The number of hydrogen-bond acceptors (Lipinski definition) is 5. The molecule has 0 unspecified atom stereocenters. The Bertz CT molecular complexity index is 1040. The van der Waals surface area contributed by atoms with Gasteiger partial charge in [0.2, 0.25) is 4.96 Å². The van der Waals surface area contributed by atoms with Gasteiger partial charge >= 0.3 is 6.03 Å². The number of carbonyl (C=O) groups excluding carboxylic acids is 1. The van der Waals surface area contributed by atoms with Crippen molar-refractivity contribution in [3.8, 4) is 0 Å². The highest BCUT2D eigenvalue weighted by molar-refractivity contribution is 7.16. The van der Waals surface area contributed by atoms with Crippen LogP contribution >= 0.6 is 11.3 Å². The fraction of sp³-hybridized carbons (Fsp3) is 0.368. The number of amides is 2. The number of rotatable bonds is 3. The van der Waals surface area contributed by atoms with Gasteiger partial charge in [-0.1, -0.05) is 41.7 Å². The smallest absolute Gasteiger partial charge is 0.318 e. The average molecular weight is 383 g/mol. The molecule has 1 saturated heterocycles. The number of fused-ring (bicyclic) bond motifs is 1. The molecule has 1 aliphatic rings. The van der Waals surface area contributed by atoms with Crippen LogP contribution in [0.2, 0.25) is 0 Å². The molecule has 0 bridgehead atoms. The van der Waals surface area contributed by atoms with Gasteiger partial charge in [-0.25, -0.2) is 9.78 Å². The molecular formula is C19H21N5O2S. The van der Waals surface area contributed by atoms with Crippen LogP contribution < -0.4 is 10.9 Å². The third-order valence-electron chi connectivity index (χ3n) is 4.98. The molecule has 3 aromatic rings. The predicted octanol–water partition coefficient (Wildman–Crippen LogP) is 2.81. The van der Waals surface area contributed by atoms with Crippen molar-refractivity contribution in [3.05, 3.63) is 62.5 Å². The van der Waals surface area contributed by atoms with Crippen LogP contribution in [0.25, 0.3) is 4.96 Å². The molecule has 4 rings (SSSR count). The lowest BCUT2D eigenvalue weighted by Gasteiger charge is -2.23. The molecule has 140 valence electrons. The predicted molar refractivity (Wildman–Crippen MR) is 104 cm³/mol. The van der Waals surface area contributed by atoms with E-state index in [1.807, 2.05) is 42.2 Å². The molecule has 2 amide bonds. The molecule has 0 radical (unpaired) electrons. The van der Waals surface area contributed by atoms with Gasteiger partial charge in [-0.2, -0.15) is 9.61 Å². The van der Waals surface area contributed by atoms with Crippen molar-refractivity contribution < 1.29 is 4.79 Å². The molecule has 1 aromatic carbocycles. The monoisotopic (exact) mass is 383 g/mol. The lowest BCUT2D eigenvalue weighted by molar-refractivity contribution is 0.192. The van der Waals surface area contributed by atoms with E-state index >= 15 is 0 Å². The lowest BCUT2D eigenvalue weighted by atomic mass is 10.2. The minimum Gasteiger partial charge on any atom is -0.334 e. The minimum absolute atomic E-state index is 0.103. The van der Waals surface area contributed by atoms with Crippen molar-refractivity contribution in [1.82, 2.24) is 24.8 Å². The van der Waals surface area contributed by atoms with E-state index in [1.54, 1.807) is 6.92 Å². The summed E-state index contributed by atoms with van der Waals surface area (Å²) in [6.45, 7) is 4.76. The van der Waals surface area contributed by atoms with Crippen LogP contribution in [0.15, 0.2) is 35.1 Å². The van der Waals surface area contributed by atoms with Crippen molar-refractivity contribution >= 4 is 22.3 Å². The van der Waals surface area contributed by atoms with Crippen molar-refractivity contribution in [1.29, 1.82) is 0 Å². The molecule has 0 aliphatic carbocycles. The normalized spacial score (nSPS) is 16.8. The summed E-state index contributed by atoms with van der Waals surface area (Å²) in [5.41, 5.74) is 2.24. The standard InChI is InChI=1S/C19H21N5O2S/c1-12-13(2)21-19-24(17(12)25)22-16(27-19)15-9-6-10-23(15)18(26)20-11-14-7-4-3-5-8-14/h3-5,7-8,15H,6,9-11H2,1-2H3,(H,20,26)/t15-/m1/s1. The second kappa shape index (κ2) is 7.11. The van der Waals surface area contributed by atoms with Gasteiger partial charge in [0.05, 0.1) is 6.04 Å². The maximum absolute atomic E-state index is 12.7. The summed E-state index contributed by atoms with van der Waals surface area (Å²) in [4.78, 5) is 32.0. The zero-order valence-electron chi connectivity index (χ0n) is 15.3. The van der Waals surface area contributed by atoms with E-state index in [4.69, 9.17) is 0 Å². The Morgan fingerprint density at radius 2 is 2.07 bits per heavy atom. The van der Waals surface area contributed by atoms with Crippen molar-refractivity contribution in [2.24, 2.45) is 0 Å². The Morgan fingerprint density at radius 1 is 1.30 bits per heavy atom. The van der Waals surface area contributed by atoms with E-state index < -0.39 is 0 Å². The van der Waals surface area contributed by atoms with Crippen LogP contribution in [0, 0.1) is 13.8 Å². The first-order valence-corrected chi connectivity index (χ1v) is 9.81. The SMILES string of the molecule is Cc1nc2sc([C@H]3CCCN3C(=O)NCc3ccccc3)nn2c(=O)c1C. The fourth-order valence-electron chi connectivity index (χ4n) is 3.32. The third kappa shape index (κ3) is 3.32. The van der Waals surface area contributed by atoms with Gasteiger partial charge in [0.25, 0.3) is 5.56 Å². The van der Waals surface area contributed by atoms with Crippen molar-refractivity contribution in [2.45, 2.75) is 39.3 Å². The summed E-state index contributed by atoms with van der Waals surface area (Å²) in [5.74, 6) is 0. The zero-order chi connectivity index (χ0) is 19.0. The van der Waals surface area contributed by atoms with E-state index in [2.05, 4.69) is 15.4 Å². The average Bonchev–Trinajstić information content (AvgIpc) is 3.32. The quantitative estimate of drug-likeness (QED) is 0.754. The Kier molecular flexibility index (Phi) is 4.65. The molecule has 1 aliphatic heterocycles. The zero-order valence-corrected chi connectivity index (χ0v) is 16.1. The Balaban J connectivity index is 1.56. The Hall–Kier alpha value is -2.74. The number of aryl methyl sites for hydroxylation is 1. The number of carbonyl (C=O) groups is 1. The number of aromatic nitrogens is 3. The maximum Gasteiger partial charge on any atom is 0.318 e. The summed E-state index contributed by atoms with van der Waals surface area (Å²) in [7, 11) is 0. The lowest BCUT2D eigenvalue weighted by Crippen LogP contribution is -2.39. The highest BCUT2D eigenvalue weighted by Crippen LogP contribution is 2.34. The number of nitrogens with zero attached hydrogens (tertiary/aromatic N) is 4. The number of nitrogens with one attached hydrogen (secondary N) is 1. The molecular weight excluding hydrogens is 362 g/mol. The molecule has 1 N–H and O–H groups in total. The van der Waals surface area contributed by atoms with E-state index in [9.17, 15) is 9.59 Å². The van der Waals surface area contributed by atoms with Crippen LogP contribution in [0.1, 0.15) is 40.7 Å². The number of likely N-dealkylation sites (tertiary alicyclic amines) is 1. The van der Waals surface area contributed by atoms with Crippen LogP contribution in [-0.4, -0.2) is 32.1 Å². The van der Waals surface area contributed by atoms with Gasteiger partial charge in [-0.3, -0.25) is 4.79 Å². The van der Waals surface area contributed by atoms with E-state index in [-0.39, 0.29) is 17.6 Å². The Labute approximate surface area is 160 Å². The van der Waals surface area contributed by atoms with E-state index in [1.165, 1.54) is 15.9 Å². The van der Waals surface area contributed by atoms with Gasteiger partial charge in [-0.05, 0) is 32.3 Å². The van der Waals surface area contributed by atoms with Crippen LogP contribution in [0.4, 0.5) is 4.79 Å². The number of urea groups is 1. The first-order valence-electron chi connectivity index (χ1n) is 9.00. The third-order valence-corrected chi connectivity index (χ3v) is 5.99. The molecule has 2 aromatic heterocycles. The highest BCUT2D eigenvalue weighted by Gasteiger charge is 2.33. The number of hydrogen-bond donors (Lipinski definition) is 1. The first kappa shape index (κ1) is 17.7. The molecule has 0 saturated carbocycles. The summed E-state index contributed by atoms with van der Waals surface area (Å²) in [5, 5.41) is 8.23. The second-order valence-electron chi connectivity index (χ2n) is 6.76. The van der Waals surface area contributed by atoms with E-state index in [0.29, 0.717) is 23.6 Å². The van der Waals surface area contributed by atoms with Crippen LogP contribution in [0.3, 0.4) is 0 Å². The first-order chi connectivity index (χ1) is 13.0. The molecule has 1 fully saturated rings. The van der Waals surface area contributed by atoms with Gasteiger partial charge in [0, 0.05) is 24.3 Å². The Morgan fingerprint density at radius 3 is 2.85 bits per heavy atom. The molecule has 1 atom stereocenters. The van der Waals surface area contributed by atoms with Crippen LogP contribution in [0.5, 0.6) is 0 Å². The van der Waals surface area contributed by atoms with Gasteiger partial charge < -0.3 is 10.2 Å². The summed E-state index contributed by atoms with van der Waals surface area (Å²) < 4.78 is 1.36. The molecule has 3 heterocycles. The van der Waals surface area contributed by atoms with Gasteiger partial charge in [0.15, 0.2) is 0 Å². The minimum atomic E-state index is -0.141. The second-order valence-corrected chi connectivity index (χ2v) is 7.75. The van der Waals surface area contributed by atoms with Gasteiger partial charge in [-0.15, -0.1) is 0 Å². The molecule has 8 heteroatoms. The molecule has 27 heavy (non-hydrogen) atoms. The fourth-order valence-corrected chi connectivity index (χ4v) is 4.40. The van der Waals surface area contributed by atoms with Gasteiger partial charge in [0.1, 0.15) is 5.01 Å². The largest absolute Gasteiger partial charge is 0.334 e. The topological polar surface area (TPSA) is 79.6 Å². The summed E-state index contributed by atoms with van der Waals surface area (Å²) >= 11 is 1.39. The summed E-state index contributed by atoms with van der Waals surface area (Å²) in [6, 6.07) is 9.61. The van der Waals surface area contributed by atoms with Crippen molar-refractivity contribution in [3.63, 3.8) is 0 Å². The summed E-state index contributed by atoms with van der Waals surface area (Å²) in [6.07, 6.45) is 1.75. The highest BCUT2D eigenvalue weighted by atomic mass is 32.1. The van der Waals surface area contributed by atoms with Crippen molar-refractivity contribution in [2.75, 3.05) is 6.54 Å². The van der Waals surface area contributed by atoms with E-state index in [0.717, 1.165) is 29.1 Å².